The van der Waals surface area contributed by atoms with Crippen LogP contribution in [-0.2, 0) is 6.54 Å². The Morgan fingerprint density at radius 1 is 1.29 bits per heavy atom. The van der Waals surface area contributed by atoms with E-state index < -0.39 is 0 Å². The molecule has 2 rings (SSSR count). The number of aromatic nitrogens is 3. The predicted octanol–water partition coefficient (Wildman–Crippen LogP) is 3.24. The van der Waals surface area contributed by atoms with E-state index in [1.54, 1.807) is 18.5 Å². The van der Waals surface area contributed by atoms with Crippen molar-refractivity contribution in [2.45, 2.75) is 19.9 Å². The number of nitrogen functional groups attached to an aromatic ring is 1. The lowest BCUT2D eigenvalue weighted by Crippen LogP contribution is -1.99. The Morgan fingerprint density at radius 2 is 1.94 bits per heavy atom. The largest absolute Gasteiger partial charge is 0.396 e. The molecule has 4 nitrogen and oxygen atoms in total. The van der Waals surface area contributed by atoms with Gasteiger partial charge in [0.2, 0.25) is 0 Å². The van der Waals surface area contributed by atoms with Gasteiger partial charge in [-0.05, 0) is 18.6 Å². The summed E-state index contributed by atoms with van der Waals surface area (Å²) in [6, 6.07) is 3.50. The van der Waals surface area contributed by atoms with Crippen molar-refractivity contribution >= 4 is 28.9 Å². The fraction of sp³-hybridized carbons (Fsp3) is 0.273. The highest BCUT2D eigenvalue weighted by Crippen LogP contribution is 2.32. The van der Waals surface area contributed by atoms with E-state index >= 15 is 0 Å². The summed E-state index contributed by atoms with van der Waals surface area (Å²) in [5.41, 5.74) is 6.90. The quantitative estimate of drug-likeness (QED) is 0.872. The van der Waals surface area contributed by atoms with Gasteiger partial charge in [0.15, 0.2) is 5.82 Å². The summed E-state index contributed by atoms with van der Waals surface area (Å²) in [5, 5.41) is 8.82. The number of anilines is 1. The molecule has 0 saturated heterocycles. The molecule has 1 heterocycles. The SMILES string of the molecule is CCCn1cnnc1-c1cc(Cl)c(N)c(Cl)c1. The molecule has 0 saturated carbocycles. The summed E-state index contributed by atoms with van der Waals surface area (Å²) in [6.45, 7) is 2.94. The lowest BCUT2D eigenvalue weighted by molar-refractivity contribution is 0.683. The minimum absolute atomic E-state index is 0.388. The Labute approximate surface area is 109 Å². The zero-order valence-corrected chi connectivity index (χ0v) is 10.8. The molecule has 2 N–H and O–H groups in total. The van der Waals surface area contributed by atoms with Crippen LogP contribution in [0.4, 0.5) is 5.69 Å². The second kappa shape index (κ2) is 4.94. The van der Waals surface area contributed by atoms with Gasteiger partial charge in [-0.1, -0.05) is 30.1 Å². The van der Waals surface area contributed by atoms with Crippen molar-refractivity contribution in [2.24, 2.45) is 0 Å². The first-order valence-corrected chi connectivity index (χ1v) is 6.01. The Kier molecular flexibility index (Phi) is 3.54. The van der Waals surface area contributed by atoms with E-state index in [1.807, 2.05) is 4.57 Å². The van der Waals surface area contributed by atoms with Crippen LogP contribution in [0.3, 0.4) is 0 Å². The molecule has 0 amide bonds. The number of halogens is 2. The number of hydrogen-bond acceptors (Lipinski definition) is 3. The molecule has 90 valence electrons. The lowest BCUT2D eigenvalue weighted by atomic mass is 10.2. The molecular formula is C11H12Cl2N4. The van der Waals surface area contributed by atoms with E-state index in [2.05, 4.69) is 17.1 Å². The van der Waals surface area contributed by atoms with Crippen molar-refractivity contribution in [3.05, 3.63) is 28.5 Å². The Hall–Kier alpha value is -1.26. The summed E-state index contributed by atoms with van der Waals surface area (Å²) >= 11 is 12.0. The maximum Gasteiger partial charge on any atom is 0.163 e. The molecule has 1 aromatic heterocycles. The minimum Gasteiger partial charge on any atom is -0.396 e. The normalized spacial score (nSPS) is 10.8. The van der Waals surface area contributed by atoms with Gasteiger partial charge in [0, 0.05) is 12.1 Å². The van der Waals surface area contributed by atoms with Crippen LogP contribution in [0, 0.1) is 0 Å². The first kappa shape index (κ1) is 12.2. The molecule has 0 atom stereocenters. The van der Waals surface area contributed by atoms with E-state index in [0.717, 1.165) is 24.4 Å². The average Bonchev–Trinajstić information content (AvgIpc) is 2.74. The first-order valence-electron chi connectivity index (χ1n) is 5.26. The summed E-state index contributed by atoms with van der Waals surface area (Å²) in [4.78, 5) is 0. The molecule has 0 aliphatic rings. The molecule has 0 radical (unpaired) electrons. The van der Waals surface area contributed by atoms with Gasteiger partial charge in [-0.2, -0.15) is 0 Å². The maximum absolute atomic E-state index is 6.00. The first-order chi connectivity index (χ1) is 8.13. The molecule has 0 fully saturated rings. The standard InChI is InChI=1S/C11H12Cl2N4/c1-2-3-17-6-15-16-11(17)7-4-8(12)10(14)9(13)5-7/h4-6H,2-3,14H2,1H3. The zero-order chi connectivity index (χ0) is 12.4. The minimum atomic E-state index is 0.388. The predicted molar refractivity (Wildman–Crippen MR) is 70.2 cm³/mol. The second-order valence-corrected chi connectivity index (χ2v) is 4.52. The maximum atomic E-state index is 6.00. The monoisotopic (exact) mass is 270 g/mol. The number of rotatable bonds is 3. The van der Waals surface area contributed by atoms with Gasteiger partial charge in [0.05, 0.1) is 15.7 Å². The number of nitrogens with zero attached hydrogens (tertiary/aromatic N) is 3. The molecule has 1 aromatic carbocycles. The van der Waals surface area contributed by atoms with Crippen LogP contribution in [-0.4, -0.2) is 14.8 Å². The molecular weight excluding hydrogens is 259 g/mol. The summed E-state index contributed by atoms with van der Waals surface area (Å²) < 4.78 is 1.96. The van der Waals surface area contributed by atoms with E-state index in [-0.39, 0.29) is 0 Å². The number of hydrogen-bond donors (Lipinski definition) is 1. The fourth-order valence-electron chi connectivity index (χ4n) is 1.60. The van der Waals surface area contributed by atoms with Gasteiger partial charge < -0.3 is 10.3 Å². The van der Waals surface area contributed by atoms with Gasteiger partial charge in [-0.15, -0.1) is 10.2 Å². The molecule has 0 aliphatic carbocycles. The van der Waals surface area contributed by atoms with Crippen LogP contribution in [0.15, 0.2) is 18.5 Å². The summed E-state index contributed by atoms with van der Waals surface area (Å²) in [5.74, 6) is 0.746. The third-order valence-electron chi connectivity index (χ3n) is 2.42. The average molecular weight is 271 g/mol. The van der Waals surface area contributed by atoms with Crippen LogP contribution < -0.4 is 5.73 Å². The van der Waals surface area contributed by atoms with Crippen molar-refractivity contribution in [1.82, 2.24) is 14.8 Å². The highest BCUT2D eigenvalue weighted by atomic mass is 35.5. The Bertz CT molecular complexity index is 513. The number of aryl methyl sites for hydroxylation is 1. The van der Waals surface area contributed by atoms with Gasteiger partial charge in [0.1, 0.15) is 6.33 Å². The lowest BCUT2D eigenvalue weighted by Gasteiger charge is -2.07. The third-order valence-corrected chi connectivity index (χ3v) is 3.04. The second-order valence-electron chi connectivity index (χ2n) is 3.70. The number of benzene rings is 1. The van der Waals surface area contributed by atoms with Crippen LogP contribution in [0.1, 0.15) is 13.3 Å². The topological polar surface area (TPSA) is 56.7 Å². The fourth-order valence-corrected chi connectivity index (χ4v) is 2.08. The van der Waals surface area contributed by atoms with Crippen LogP contribution in [0.5, 0.6) is 0 Å². The number of nitrogens with two attached hydrogens (primary N) is 1. The third kappa shape index (κ3) is 2.37. The summed E-state index contributed by atoms with van der Waals surface area (Å²) in [6.07, 6.45) is 2.69. The van der Waals surface area contributed by atoms with E-state index in [4.69, 9.17) is 28.9 Å². The van der Waals surface area contributed by atoms with Gasteiger partial charge in [0.25, 0.3) is 0 Å². The molecule has 0 spiro atoms. The van der Waals surface area contributed by atoms with Crippen LogP contribution in [0.2, 0.25) is 10.0 Å². The van der Waals surface area contributed by atoms with Gasteiger partial charge >= 0.3 is 0 Å². The molecule has 0 unspecified atom stereocenters. The van der Waals surface area contributed by atoms with Crippen molar-refractivity contribution in [3.63, 3.8) is 0 Å². The zero-order valence-electron chi connectivity index (χ0n) is 9.32. The van der Waals surface area contributed by atoms with Gasteiger partial charge in [-0.25, -0.2) is 0 Å². The van der Waals surface area contributed by atoms with E-state index in [1.165, 1.54) is 0 Å². The van der Waals surface area contributed by atoms with Crippen molar-refractivity contribution in [1.29, 1.82) is 0 Å². The molecule has 6 heteroatoms. The van der Waals surface area contributed by atoms with E-state index in [0.29, 0.717) is 15.7 Å². The smallest absolute Gasteiger partial charge is 0.163 e. The molecule has 0 aliphatic heterocycles. The van der Waals surface area contributed by atoms with Crippen molar-refractivity contribution in [3.8, 4) is 11.4 Å². The highest BCUT2D eigenvalue weighted by molar-refractivity contribution is 6.39. The highest BCUT2D eigenvalue weighted by Gasteiger charge is 2.11. The van der Waals surface area contributed by atoms with E-state index in [9.17, 15) is 0 Å². The molecule has 2 aromatic rings. The Morgan fingerprint density at radius 3 is 2.53 bits per heavy atom. The van der Waals surface area contributed by atoms with Crippen LogP contribution >= 0.6 is 23.2 Å². The van der Waals surface area contributed by atoms with Crippen molar-refractivity contribution in [2.75, 3.05) is 5.73 Å². The Balaban J connectivity index is 2.49. The summed E-state index contributed by atoms with van der Waals surface area (Å²) in [7, 11) is 0. The van der Waals surface area contributed by atoms with Crippen LogP contribution in [0.25, 0.3) is 11.4 Å². The van der Waals surface area contributed by atoms with Gasteiger partial charge in [-0.3, -0.25) is 0 Å². The van der Waals surface area contributed by atoms with Crippen molar-refractivity contribution < 1.29 is 0 Å². The molecule has 17 heavy (non-hydrogen) atoms. The molecule has 0 bridgehead atoms.